The van der Waals surface area contributed by atoms with E-state index >= 15 is 0 Å². The third-order valence-electron chi connectivity index (χ3n) is 5.97. The maximum absolute atomic E-state index is 14.4. The van der Waals surface area contributed by atoms with E-state index in [4.69, 9.17) is 20.3 Å². The predicted molar refractivity (Wildman–Crippen MR) is 122 cm³/mol. The highest BCUT2D eigenvalue weighted by Gasteiger charge is 2.52. The number of nitrogen functional groups attached to an aromatic ring is 1. The van der Waals surface area contributed by atoms with E-state index in [0.29, 0.717) is 0 Å². The molecule has 2 fully saturated rings. The van der Waals surface area contributed by atoms with Gasteiger partial charge in [-0.3, -0.25) is 13.6 Å². The van der Waals surface area contributed by atoms with Crippen molar-refractivity contribution in [3.05, 3.63) is 12.7 Å². The lowest BCUT2D eigenvalue weighted by Crippen LogP contribution is -2.60. The van der Waals surface area contributed by atoms with Crippen molar-refractivity contribution in [1.82, 2.24) is 19.5 Å². The first-order valence-corrected chi connectivity index (χ1v) is 14.2. The summed E-state index contributed by atoms with van der Waals surface area (Å²) in [5.74, 6) is 0.0224. The van der Waals surface area contributed by atoms with Crippen LogP contribution >= 0.6 is 15.6 Å². The molecule has 40 heavy (non-hydrogen) atoms. The van der Waals surface area contributed by atoms with E-state index in [2.05, 4.69) is 28.3 Å². The van der Waals surface area contributed by atoms with E-state index < -0.39 is 90.3 Å². The van der Waals surface area contributed by atoms with E-state index in [1.807, 2.05) is 0 Å². The van der Waals surface area contributed by atoms with Crippen molar-refractivity contribution >= 4 is 32.6 Å². The van der Waals surface area contributed by atoms with E-state index in [1.54, 1.807) is 0 Å². The zero-order valence-electron chi connectivity index (χ0n) is 19.9. The molecule has 2 unspecified atom stereocenters. The average molecular weight is 621 g/mol. The van der Waals surface area contributed by atoms with Crippen LogP contribution in [0.25, 0.3) is 11.2 Å². The lowest BCUT2D eigenvalue weighted by atomic mass is 9.96. The molecule has 0 bridgehead atoms. The molecule has 2 aliphatic heterocycles. The number of aromatic nitrogens is 4. The summed E-state index contributed by atoms with van der Waals surface area (Å²) in [5, 5.41) is 59.0. The standard InChI is InChI=1S/C17H26FN5O15P2/c18-7-10(27)11(28)13(5(25)1-24)36-17(7)37-40(32,33)38-39(30,31)34-2-6-9(26)12(29)16(35-6)23-4-22-8-14(19)20-3-21-15(8)23/h3-7,9-13,16-17,24-29H,1-2H2,(H,30,31)(H,32,33)(H2,19,20,21)/t5-,6-,7+,9-,10-,11+,12-,13-,16-,17+/m1/s1. The second-order valence-corrected chi connectivity index (χ2v) is 11.7. The number of fused-ring (bicyclic) bond motifs is 1. The van der Waals surface area contributed by atoms with Crippen LogP contribution in [0.4, 0.5) is 10.2 Å². The fraction of sp³-hybridized carbons (Fsp3) is 0.706. The molecule has 0 saturated carbocycles. The number of nitrogens with zero attached hydrogens (tertiary/aromatic N) is 4. The molecule has 2 aromatic heterocycles. The van der Waals surface area contributed by atoms with E-state index in [0.717, 1.165) is 6.33 Å². The number of alkyl halides is 1. The molecule has 2 aliphatic rings. The van der Waals surface area contributed by atoms with Gasteiger partial charge in [-0.25, -0.2) is 28.5 Å². The van der Waals surface area contributed by atoms with Crippen LogP contribution in [0.15, 0.2) is 12.7 Å². The van der Waals surface area contributed by atoms with E-state index in [1.165, 1.54) is 10.9 Å². The monoisotopic (exact) mass is 621 g/mol. The lowest BCUT2D eigenvalue weighted by Gasteiger charge is -2.40. The van der Waals surface area contributed by atoms with E-state index in [-0.39, 0.29) is 17.0 Å². The number of hydrogen-bond donors (Lipinski definition) is 9. The van der Waals surface area contributed by atoms with Gasteiger partial charge in [0.05, 0.1) is 19.5 Å². The van der Waals surface area contributed by atoms with Crippen molar-refractivity contribution in [2.75, 3.05) is 18.9 Å². The van der Waals surface area contributed by atoms with Gasteiger partial charge in [-0.1, -0.05) is 0 Å². The van der Waals surface area contributed by atoms with Crippen LogP contribution in [0.3, 0.4) is 0 Å². The van der Waals surface area contributed by atoms with Gasteiger partial charge in [-0.2, -0.15) is 4.31 Å². The Morgan fingerprint density at radius 3 is 2.42 bits per heavy atom. The number of anilines is 1. The second-order valence-electron chi connectivity index (χ2n) is 8.69. The van der Waals surface area contributed by atoms with Crippen molar-refractivity contribution in [2.24, 2.45) is 0 Å². The first kappa shape index (κ1) is 31.2. The summed E-state index contributed by atoms with van der Waals surface area (Å²) < 4.78 is 63.5. The molecule has 226 valence electrons. The molecule has 10 N–H and O–H groups in total. The molecule has 0 aromatic carbocycles. The van der Waals surface area contributed by atoms with Gasteiger partial charge in [0.15, 0.2) is 23.9 Å². The first-order chi connectivity index (χ1) is 18.7. The third-order valence-corrected chi connectivity index (χ3v) is 8.57. The Labute approximate surface area is 222 Å². The van der Waals surface area contributed by atoms with Gasteiger partial charge < -0.3 is 55.6 Å². The summed E-state index contributed by atoms with van der Waals surface area (Å²) in [6.45, 7) is -2.01. The molecule has 20 nitrogen and oxygen atoms in total. The Balaban J connectivity index is 1.38. The van der Waals surface area contributed by atoms with Crippen molar-refractivity contribution < 1.29 is 76.8 Å². The SMILES string of the molecule is Nc1ncnc2c1ncn2[C@@H]1O[C@H](COP(=O)(O)OP(=O)(O)O[C@@H]2O[C@H]([C@H](O)CO)[C@@H](O)[C@H](O)[C@@H]2F)[C@@H](O)[C@H]1O. The minimum Gasteiger partial charge on any atom is -0.394 e. The molecular formula is C17H26FN5O15P2. The molecule has 0 amide bonds. The number of aliphatic hydroxyl groups is 6. The molecule has 23 heteroatoms. The van der Waals surface area contributed by atoms with Gasteiger partial charge in [-0.05, 0) is 0 Å². The first-order valence-electron chi connectivity index (χ1n) is 11.2. The number of ether oxygens (including phenoxy) is 2. The van der Waals surface area contributed by atoms with Crippen LogP contribution in [0, 0.1) is 0 Å². The Kier molecular flexibility index (Phi) is 9.22. The number of imidazole rings is 1. The number of aliphatic hydroxyl groups excluding tert-OH is 6. The quantitative estimate of drug-likeness (QED) is 0.116. The van der Waals surface area contributed by atoms with Crippen LogP contribution in [0.5, 0.6) is 0 Å². The Hall–Kier alpha value is -1.78. The van der Waals surface area contributed by atoms with Gasteiger partial charge in [0.1, 0.15) is 54.6 Å². The molecule has 0 radical (unpaired) electrons. The molecule has 4 rings (SSSR count). The predicted octanol–water partition coefficient (Wildman–Crippen LogP) is -3.58. The highest BCUT2D eigenvalue weighted by atomic mass is 31.3. The number of hydrogen-bond acceptors (Lipinski definition) is 17. The zero-order valence-corrected chi connectivity index (χ0v) is 21.7. The normalized spacial score (nSPS) is 36.8. The summed E-state index contributed by atoms with van der Waals surface area (Å²) in [7, 11) is -11.3. The molecule has 0 aliphatic carbocycles. The Morgan fingerprint density at radius 2 is 1.75 bits per heavy atom. The van der Waals surface area contributed by atoms with Gasteiger partial charge in [0.2, 0.25) is 6.29 Å². The molecule has 2 saturated heterocycles. The summed E-state index contributed by atoms with van der Waals surface area (Å²) in [6.07, 6.45) is -17.3. The molecule has 4 heterocycles. The van der Waals surface area contributed by atoms with Crippen LogP contribution in [0.1, 0.15) is 6.23 Å². The topological polar surface area (TPSA) is 312 Å². The smallest absolute Gasteiger partial charge is 0.394 e. The van der Waals surface area contributed by atoms with Gasteiger partial charge in [0.25, 0.3) is 0 Å². The molecule has 12 atom stereocenters. The number of phosphoric acid groups is 2. The summed E-state index contributed by atoms with van der Waals surface area (Å²) in [6, 6.07) is 0. The highest BCUT2D eigenvalue weighted by Crippen LogP contribution is 2.61. The summed E-state index contributed by atoms with van der Waals surface area (Å²) in [5.41, 5.74) is 6.00. The number of phosphoric ester groups is 2. The van der Waals surface area contributed by atoms with Crippen molar-refractivity contribution in [3.63, 3.8) is 0 Å². The third kappa shape index (κ3) is 6.33. The number of rotatable bonds is 10. The largest absolute Gasteiger partial charge is 0.483 e. The zero-order chi connectivity index (χ0) is 29.6. The van der Waals surface area contributed by atoms with Crippen molar-refractivity contribution in [3.8, 4) is 0 Å². The highest BCUT2D eigenvalue weighted by molar-refractivity contribution is 7.61. The summed E-state index contributed by atoms with van der Waals surface area (Å²) in [4.78, 5) is 31.5. The molecular weight excluding hydrogens is 595 g/mol. The van der Waals surface area contributed by atoms with Gasteiger partial charge in [0, 0.05) is 0 Å². The van der Waals surface area contributed by atoms with Gasteiger partial charge >= 0.3 is 15.6 Å². The summed E-state index contributed by atoms with van der Waals surface area (Å²) >= 11 is 0. The maximum Gasteiger partial charge on any atom is 0.483 e. The van der Waals surface area contributed by atoms with Gasteiger partial charge in [-0.15, -0.1) is 0 Å². The number of halogens is 1. The maximum atomic E-state index is 14.4. The number of nitrogens with two attached hydrogens (primary N) is 1. The average Bonchev–Trinajstić information content (AvgIpc) is 3.43. The van der Waals surface area contributed by atoms with Crippen LogP contribution in [-0.2, 0) is 32.0 Å². The van der Waals surface area contributed by atoms with Crippen molar-refractivity contribution in [1.29, 1.82) is 0 Å². The van der Waals surface area contributed by atoms with E-state index in [9.17, 15) is 48.8 Å². The minimum absolute atomic E-state index is 0.0224. The lowest BCUT2D eigenvalue weighted by molar-refractivity contribution is -0.279. The Morgan fingerprint density at radius 1 is 1.05 bits per heavy atom. The van der Waals surface area contributed by atoms with Crippen LogP contribution < -0.4 is 5.73 Å². The second kappa shape index (κ2) is 11.8. The van der Waals surface area contributed by atoms with Crippen LogP contribution in [-0.4, -0.2) is 128 Å². The molecule has 2 aromatic rings. The van der Waals surface area contributed by atoms with Crippen LogP contribution in [0.2, 0.25) is 0 Å². The Bertz CT molecular complexity index is 1290. The minimum atomic E-state index is -5.73. The molecule has 0 spiro atoms. The fourth-order valence-electron chi connectivity index (χ4n) is 3.98. The van der Waals surface area contributed by atoms with Crippen molar-refractivity contribution in [2.45, 2.75) is 61.4 Å². The fourth-order valence-corrected chi connectivity index (χ4v) is 6.13.